The molecule has 99 heavy (non-hydrogen) atoms. The molecule has 0 bridgehead atoms. The molecule has 0 aliphatic rings. The van der Waals surface area contributed by atoms with Gasteiger partial charge in [-0.25, -0.2) is 55.5 Å². The van der Waals surface area contributed by atoms with Crippen LogP contribution in [0.3, 0.4) is 0 Å². The lowest BCUT2D eigenvalue weighted by Crippen LogP contribution is -2.52. The summed E-state index contributed by atoms with van der Waals surface area (Å²) in [6.45, 7) is 11.8. The maximum absolute atomic E-state index is 14.5. The summed E-state index contributed by atoms with van der Waals surface area (Å²) < 4.78 is 206. The van der Waals surface area contributed by atoms with Gasteiger partial charge in [-0.15, -0.1) is 8.42 Å². The molecule has 1 amide bonds. The Hall–Kier alpha value is -8.43. The molecular weight excluding hydrogens is 1420 g/mol. The summed E-state index contributed by atoms with van der Waals surface area (Å²) in [6, 6.07) is 30.0. The van der Waals surface area contributed by atoms with Gasteiger partial charge in [-0.1, -0.05) is 106 Å². The second-order valence-corrected chi connectivity index (χ2v) is 30.7. The van der Waals surface area contributed by atoms with Crippen molar-refractivity contribution in [2.75, 3.05) is 30.5 Å². The highest BCUT2D eigenvalue weighted by Gasteiger charge is 2.35. The molecule has 5 N–H and O–H groups in total. The summed E-state index contributed by atoms with van der Waals surface area (Å²) in [5, 5.41) is 9.92. The molecule has 2 unspecified atom stereocenters. The Morgan fingerprint density at radius 1 is 0.606 bits per heavy atom. The molecule has 4 aromatic carbocycles. The molecule has 7 rings (SSSR count). The number of primary sulfonamides is 2. The molecule has 0 aliphatic heterocycles. The van der Waals surface area contributed by atoms with Crippen LogP contribution in [0, 0.1) is 25.5 Å². The number of nitrogens with two attached hydrogens (primary N) is 2. The van der Waals surface area contributed by atoms with Gasteiger partial charge in [0.05, 0.1) is 22.9 Å². The van der Waals surface area contributed by atoms with E-state index in [1.807, 2.05) is 49.7 Å². The topological polar surface area (TPSA) is 323 Å². The zero-order chi connectivity index (χ0) is 74.8. The number of amides is 1. The first kappa shape index (κ1) is 83.0. The maximum atomic E-state index is 14.5. The monoisotopic (exact) mass is 1490 g/mol. The first-order chi connectivity index (χ1) is 45.6. The third kappa shape index (κ3) is 28.4. The van der Waals surface area contributed by atoms with Gasteiger partial charge in [-0.2, -0.15) is 39.5 Å². The van der Waals surface area contributed by atoms with Gasteiger partial charge in [0.2, 0.25) is 20.0 Å². The van der Waals surface area contributed by atoms with E-state index in [1.54, 1.807) is 95.3 Å². The van der Waals surface area contributed by atoms with Crippen molar-refractivity contribution in [2.24, 2.45) is 14.7 Å². The lowest BCUT2D eigenvalue weighted by Gasteiger charge is -2.18. The van der Waals surface area contributed by atoms with Crippen molar-refractivity contribution in [1.82, 2.24) is 14.7 Å². The van der Waals surface area contributed by atoms with Gasteiger partial charge in [0, 0.05) is 78.4 Å². The quantitative estimate of drug-likeness (QED) is 0.0187. The lowest BCUT2D eigenvalue weighted by atomic mass is 9.91. The van der Waals surface area contributed by atoms with Gasteiger partial charge in [0.15, 0.2) is 12.4 Å². The number of alkyl halides is 6. The fourth-order valence-corrected chi connectivity index (χ4v) is 11.0. The standard InChI is InChI=1S/2C26H26F4N2O3S.C12H19N3O4S.CClNO3S/c2*1-16-4-3-5-21(14-16)25-19(9-11-24(32-25)26(28,29)30)8-10-23(33)17(2)20-7-6-18(22(27)15-20)12-13-36(31,34)35;1-12(2,3)19-11(16)13-20(17,18)15-8-6-10(7-9-15)14(4)5;2-7(5,6)3-1-4/h2*3-7,9,11,14-15,17H,8,10,12-13H2,1-2H3,(H2,31,34,35);6-9H,1-5H3;/p+1. The van der Waals surface area contributed by atoms with Gasteiger partial charge in [-0.3, -0.25) is 9.59 Å². The maximum Gasteiger partial charge on any atom is 0.474 e. The number of sulfonamides is 2. The number of nitrogens with zero attached hydrogens (tertiary/aromatic N) is 5. The molecule has 3 aromatic heterocycles. The Balaban J connectivity index is 0.000000311. The number of Topliss-reactive ketones (excluding diaryl/α,β-unsaturated/α-hetero) is 2. The summed E-state index contributed by atoms with van der Waals surface area (Å²) in [6.07, 6.45) is -6.59. The third-order valence-corrected chi connectivity index (χ3v) is 17.4. The minimum absolute atomic E-state index is 0.0157. The summed E-state index contributed by atoms with van der Waals surface area (Å²) in [5.41, 5.74) is 3.32. The molecule has 0 radical (unpaired) electrons. The van der Waals surface area contributed by atoms with Crippen molar-refractivity contribution in [3.05, 3.63) is 201 Å². The number of benzene rings is 4. The zero-order valence-corrected chi connectivity index (χ0v) is 58.8. The second kappa shape index (κ2) is 35.1. The molecule has 0 saturated heterocycles. The van der Waals surface area contributed by atoms with E-state index in [0.29, 0.717) is 33.4 Å². The Kier molecular flexibility index (Phi) is 29.4. The van der Waals surface area contributed by atoms with E-state index in [2.05, 4.69) is 25.0 Å². The summed E-state index contributed by atoms with van der Waals surface area (Å²) in [7, 11) is -7.42. The Bertz CT molecular complexity index is 4350. The fraction of sp³-hybridized carbons (Fsp3) is 0.338. The molecule has 2 atom stereocenters. The minimum Gasteiger partial charge on any atom is -0.443 e. The van der Waals surface area contributed by atoms with Crippen molar-refractivity contribution in [3.63, 3.8) is 0 Å². The Morgan fingerprint density at radius 3 is 1.29 bits per heavy atom. The molecule has 536 valence electrons. The highest BCUT2D eigenvalue weighted by molar-refractivity contribution is 8.12. The predicted octanol–water partition coefficient (Wildman–Crippen LogP) is 11.2. The number of carbonyl (C=O) groups is 3. The summed E-state index contributed by atoms with van der Waals surface area (Å²) in [4.78, 5) is 55.9. The number of carbonyl (C=O) groups excluding carboxylic acids is 4. The number of ether oxygens (including phenoxy) is 1. The predicted molar refractivity (Wildman–Crippen MR) is 356 cm³/mol. The largest absolute Gasteiger partial charge is 0.474 e. The Morgan fingerprint density at radius 2 is 0.990 bits per heavy atom. The van der Waals surface area contributed by atoms with E-state index in [9.17, 15) is 83.2 Å². The average Bonchev–Trinajstić information content (AvgIpc) is 0.814. The van der Waals surface area contributed by atoms with Crippen molar-refractivity contribution in [3.8, 4) is 22.5 Å². The molecule has 0 fully saturated rings. The van der Waals surface area contributed by atoms with Crippen LogP contribution in [0.15, 0.2) is 138 Å². The molecule has 0 aliphatic carbocycles. The first-order valence-electron chi connectivity index (χ1n) is 29.5. The molecule has 34 heteroatoms. The number of aryl methyl sites for hydroxylation is 6. The number of aromatic nitrogens is 3. The number of hydrogen-bond donors (Lipinski definition) is 3. The first-order valence-corrected chi connectivity index (χ1v) is 36.6. The smallest absolute Gasteiger partial charge is 0.443 e. The normalized spacial score (nSPS) is 12.5. The molecule has 21 nitrogen and oxygen atoms in total. The van der Waals surface area contributed by atoms with Crippen LogP contribution in [0.4, 0.5) is 45.6 Å². The molecule has 3 heterocycles. The van der Waals surface area contributed by atoms with Crippen LogP contribution >= 0.6 is 10.7 Å². The highest BCUT2D eigenvalue weighted by Crippen LogP contribution is 2.35. The number of nitrogens with one attached hydrogen (secondary N) is 1. The molecule has 7 aromatic rings. The van der Waals surface area contributed by atoms with Crippen LogP contribution in [-0.2, 0) is 96.6 Å². The number of ketones is 2. The summed E-state index contributed by atoms with van der Waals surface area (Å²) in [5.74, 6) is -3.85. The number of rotatable bonds is 22. The van der Waals surface area contributed by atoms with E-state index in [0.717, 1.165) is 39.0 Å². The number of hydrogen-bond acceptors (Lipinski definition) is 16. The summed E-state index contributed by atoms with van der Waals surface area (Å²) >= 11 is 0. The number of anilines is 1. The van der Waals surface area contributed by atoms with E-state index in [4.69, 9.17) is 19.8 Å². The van der Waals surface area contributed by atoms with Crippen LogP contribution in [0.5, 0.6) is 0 Å². The van der Waals surface area contributed by atoms with Crippen molar-refractivity contribution in [2.45, 2.75) is 117 Å². The Labute approximate surface area is 573 Å². The van der Waals surface area contributed by atoms with E-state index >= 15 is 0 Å². The van der Waals surface area contributed by atoms with Gasteiger partial charge in [0.25, 0.3) is 6.08 Å². The average molecular weight is 1490 g/mol. The van der Waals surface area contributed by atoms with E-state index in [1.165, 1.54) is 48.8 Å². The number of halogens is 9. The highest BCUT2D eigenvalue weighted by atomic mass is 35.7. The van der Waals surface area contributed by atoms with Crippen LogP contribution in [0.2, 0.25) is 0 Å². The third-order valence-electron chi connectivity index (χ3n) is 14.2. The van der Waals surface area contributed by atoms with E-state index in [-0.39, 0.29) is 72.6 Å². The molecular formula is C65H72ClF8N8O13S4+. The number of pyridine rings is 3. The van der Waals surface area contributed by atoms with Gasteiger partial charge >= 0.3 is 37.9 Å². The second-order valence-electron chi connectivity index (χ2n) is 23.4. The zero-order valence-electron chi connectivity index (χ0n) is 54.7. The molecule has 0 spiro atoms. The van der Waals surface area contributed by atoms with Crippen LogP contribution < -0.4 is 23.9 Å². The van der Waals surface area contributed by atoms with Gasteiger partial charge in [-0.05, 0) is 130 Å². The number of isocyanates is 1. The van der Waals surface area contributed by atoms with Crippen LogP contribution in [-0.4, -0.2) is 98.6 Å². The SMILES string of the molecule is CN(C)c1cc[n+](S(=O)(=O)NC(=O)OC(C)(C)C)cc1.Cc1cccc(-c2nc(C(F)(F)F)ccc2CCC(=O)C(C)c2ccc(CCS(N)(=O)=O)c(F)c2)c1.Cc1cccc(-c2nc(C(F)(F)F)ccc2CCC(=O)C(C)c2ccc(CCS(N)(=O)=O)c(F)c2)c1.O=C=NS(=O)(=O)Cl. The van der Waals surface area contributed by atoms with Crippen molar-refractivity contribution in [1.29, 1.82) is 0 Å². The fourth-order valence-electron chi connectivity index (χ4n) is 9.04. The lowest BCUT2D eigenvalue weighted by molar-refractivity contribution is -0.512. The molecule has 0 saturated carbocycles. The van der Waals surface area contributed by atoms with Crippen LogP contribution in [0.25, 0.3) is 22.5 Å². The van der Waals surface area contributed by atoms with Gasteiger partial charge < -0.3 is 9.64 Å². The van der Waals surface area contributed by atoms with Crippen molar-refractivity contribution >= 4 is 79.6 Å². The van der Waals surface area contributed by atoms with E-state index < -0.39 is 110 Å². The minimum atomic E-state index is -4.61. The van der Waals surface area contributed by atoms with Crippen LogP contribution in [0.1, 0.15) is 115 Å². The van der Waals surface area contributed by atoms with Crippen molar-refractivity contribution < 1.29 is 96.7 Å². The van der Waals surface area contributed by atoms with Gasteiger partial charge in [0.1, 0.15) is 40.2 Å².